The number of carbonyl (C=O) groups excluding carboxylic acids is 1. The van der Waals surface area contributed by atoms with E-state index in [4.69, 9.17) is 0 Å². The maximum atomic E-state index is 11.7. The van der Waals surface area contributed by atoms with Gasteiger partial charge in [-0.15, -0.1) is 11.8 Å². The lowest BCUT2D eigenvalue weighted by Crippen LogP contribution is -2.59. The zero-order valence-corrected chi connectivity index (χ0v) is 25.3. The molecule has 5 aliphatic rings. The molecule has 2 aromatic rings. The van der Waals surface area contributed by atoms with Crippen LogP contribution in [0.5, 0.6) is 0 Å². The average molecular weight is 571 g/mol. The number of hydrogen-bond acceptors (Lipinski definition) is 5. The first-order chi connectivity index (χ1) is 20.1. The molecule has 2 aromatic carbocycles. The van der Waals surface area contributed by atoms with Crippen LogP contribution in [-0.4, -0.2) is 73.3 Å². The topological polar surface area (TPSA) is 38.8 Å². The van der Waals surface area contributed by atoms with Gasteiger partial charge in [-0.25, -0.2) is 0 Å². The number of benzene rings is 2. The summed E-state index contributed by atoms with van der Waals surface area (Å²) in [6.45, 7) is 12.5. The first-order valence-corrected chi connectivity index (χ1v) is 17.0. The molecule has 4 aliphatic heterocycles. The van der Waals surface area contributed by atoms with Gasteiger partial charge in [-0.3, -0.25) is 4.79 Å². The van der Waals surface area contributed by atoms with Crippen molar-refractivity contribution < 1.29 is 4.79 Å². The van der Waals surface area contributed by atoms with E-state index in [0.717, 1.165) is 37.4 Å². The number of nitrogens with zero attached hydrogens (tertiary/aromatic N) is 3. The van der Waals surface area contributed by atoms with Gasteiger partial charge >= 0.3 is 0 Å². The van der Waals surface area contributed by atoms with E-state index >= 15 is 0 Å². The van der Waals surface area contributed by atoms with Gasteiger partial charge in [0.05, 0.1) is 0 Å². The molecular formula is C35H46N4OS. The Morgan fingerprint density at radius 3 is 2.39 bits per heavy atom. The highest BCUT2D eigenvalue weighted by atomic mass is 32.2. The molecule has 0 bridgehead atoms. The molecule has 0 aromatic heterocycles. The van der Waals surface area contributed by atoms with Crippen LogP contribution in [-0.2, 0) is 16.8 Å². The summed E-state index contributed by atoms with van der Waals surface area (Å²) in [5.41, 5.74) is 4.81. The molecule has 1 N–H and O–H groups in total. The van der Waals surface area contributed by atoms with E-state index in [0.29, 0.717) is 5.25 Å². The predicted molar refractivity (Wildman–Crippen MR) is 170 cm³/mol. The monoisotopic (exact) mass is 570 g/mol. The van der Waals surface area contributed by atoms with E-state index in [1.165, 1.54) is 94.3 Å². The third kappa shape index (κ3) is 5.36. The Balaban J connectivity index is 0.897. The van der Waals surface area contributed by atoms with Crippen molar-refractivity contribution in [3.8, 4) is 0 Å². The van der Waals surface area contributed by atoms with Crippen molar-refractivity contribution in [2.75, 3.05) is 57.3 Å². The lowest BCUT2D eigenvalue weighted by molar-refractivity contribution is -0.128. The molecule has 1 saturated carbocycles. The van der Waals surface area contributed by atoms with Gasteiger partial charge in [-0.1, -0.05) is 43.7 Å². The second-order valence-corrected chi connectivity index (χ2v) is 14.6. The van der Waals surface area contributed by atoms with Crippen molar-refractivity contribution in [2.45, 2.75) is 60.6 Å². The van der Waals surface area contributed by atoms with E-state index in [2.05, 4.69) is 70.2 Å². The quantitative estimate of drug-likeness (QED) is 0.421. The SMILES string of the molecule is C=CC(=O)N1CC(Sc2ccc(N3CC(CN4CCC([C@@]5(C6CCCC6)NCCc6ccccc65)CC4)C3)cc2)C1. The minimum atomic E-state index is 0.0499. The van der Waals surface area contributed by atoms with Crippen LogP contribution in [0, 0.1) is 17.8 Å². The van der Waals surface area contributed by atoms with E-state index < -0.39 is 0 Å². The Morgan fingerprint density at radius 1 is 0.951 bits per heavy atom. The van der Waals surface area contributed by atoms with Gasteiger partial charge in [-0.2, -0.15) is 0 Å². The van der Waals surface area contributed by atoms with Gasteiger partial charge in [0.1, 0.15) is 0 Å². The fraction of sp³-hybridized carbons (Fsp3) is 0.571. The summed E-state index contributed by atoms with van der Waals surface area (Å²) in [5, 5.41) is 4.69. The number of carbonyl (C=O) groups is 1. The molecule has 3 saturated heterocycles. The zero-order chi connectivity index (χ0) is 27.8. The largest absolute Gasteiger partial charge is 0.371 e. The fourth-order valence-electron chi connectivity index (χ4n) is 8.67. The molecular weight excluding hydrogens is 524 g/mol. The van der Waals surface area contributed by atoms with Gasteiger partial charge in [-0.05, 0) is 98.5 Å². The van der Waals surface area contributed by atoms with Crippen molar-refractivity contribution in [3.63, 3.8) is 0 Å². The average Bonchev–Trinajstić information content (AvgIpc) is 3.52. The van der Waals surface area contributed by atoms with Crippen LogP contribution < -0.4 is 10.2 Å². The number of fused-ring (bicyclic) bond motifs is 1. The maximum Gasteiger partial charge on any atom is 0.246 e. The summed E-state index contributed by atoms with van der Waals surface area (Å²) in [5.74, 6) is 2.38. The van der Waals surface area contributed by atoms with E-state index in [1.54, 1.807) is 11.1 Å². The summed E-state index contributed by atoms with van der Waals surface area (Å²) < 4.78 is 0. The van der Waals surface area contributed by atoms with Gasteiger partial charge < -0.3 is 20.0 Å². The third-order valence-corrected chi connectivity index (χ3v) is 12.0. The third-order valence-electron chi connectivity index (χ3n) is 10.8. The lowest BCUT2D eigenvalue weighted by Gasteiger charge is -2.53. The smallest absolute Gasteiger partial charge is 0.246 e. The Hall–Kier alpha value is -2.28. The van der Waals surface area contributed by atoms with Crippen molar-refractivity contribution >= 4 is 23.4 Å². The van der Waals surface area contributed by atoms with Crippen LogP contribution >= 0.6 is 11.8 Å². The second-order valence-electron chi connectivity index (χ2n) is 13.2. The number of amides is 1. The Bertz CT molecular complexity index is 1220. The van der Waals surface area contributed by atoms with Crippen LogP contribution in [0.2, 0.25) is 0 Å². The van der Waals surface area contributed by atoms with Gasteiger partial charge in [0.15, 0.2) is 0 Å². The van der Waals surface area contributed by atoms with E-state index in [9.17, 15) is 4.79 Å². The van der Waals surface area contributed by atoms with Crippen LogP contribution in [0.3, 0.4) is 0 Å². The molecule has 1 atom stereocenters. The summed E-state index contributed by atoms with van der Waals surface area (Å²) in [6.07, 6.45) is 10.9. The van der Waals surface area contributed by atoms with Crippen LogP contribution in [0.1, 0.15) is 49.7 Å². The number of likely N-dealkylation sites (tertiary alicyclic amines) is 2. The number of anilines is 1. The predicted octanol–water partition coefficient (Wildman–Crippen LogP) is 5.56. The number of rotatable bonds is 8. The first kappa shape index (κ1) is 27.5. The summed E-state index contributed by atoms with van der Waals surface area (Å²) in [4.78, 5) is 20.1. The van der Waals surface area contributed by atoms with Crippen LogP contribution in [0.15, 0.2) is 66.1 Å². The number of hydrogen-bond donors (Lipinski definition) is 1. The van der Waals surface area contributed by atoms with Gasteiger partial charge in [0.2, 0.25) is 5.91 Å². The summed E-state index contributed by atoms with van der Waals surface area (Å²) in [6, 6.07) is 18.5. The fourth-order valence-corrected chi connectivity index (χ4v) is 9.85. The highest BCUT2D eigenvalue weighted by Gasteiger charge is 2.50. The normalized spacial score (nSPS) is 26.4. The van der Waals surface area contributed by atoms with Crippen molar-refractivity contribution in [3.05, 3.63) is 72.3 Å². The number of thioether (sulfide) groups is 1. The second kappa shape index (κ2) is 11.8. The van der Waals surface area contributed by atoms with E-state index in [1.807, 2.05) is 16.7 Å². The Kier molecular flexibility index (Phi) is 7.91. The highest BCUT2D eigenvalue weighted by molar-refractivity contribution is 8.00. The van der Waals surface area contributed by atoms with Crippen molar-refractivity contribution in [1.82, 2.24) is 15.1 Å². The molecule has 5 nitrogen and oxygen atoms in total. The van der Waals surface area contributed by atoms with Crippen LogP contribution in [0.4, 0.5) is 5.69 Å². The molecule has 218 valence electrons. The van der Waals surface area contributed by atoms with Crippen molar-refractivity contribution in [2.24, 2.45) is 17.8 Å². The molecule has 0 unspecified atom stereocenters. The molecule has 1 amide bonds. The molecule has 1 aliphatic carbocycles. The molecule has 0 spiro atoms. The Morgan fingerprint density at radius 2 is 1.66 bits per heavy atom. The molecule has 6 heteroatoms. The maximum absolute atomic E-state index is 11.7. The minimum absolute atomic E-state index is 0.0499. The molecule has 41 heavy (non-hydrogen) atoms. The number of piperidine rings is 1. The number of nitrogens with one attached hydrogen (secondary N) is 1. The van der Waals surface area contributed by atoms with E-state index in [-0.39, 0.29) is 11.4 Å². The van der Waals surface area contributed by atoms with Gasteiger partial charge in [0.25, 0.3) is 0 Å². The zero-order valence-electron chi connectivity index (χ0n) is 24.5. The molecule has 4 fully saturated rings. The highest BCUT2D eigenvalue weighted by Crippen LogP contribution is 2.50. The molecule has 4 heterocycles. The summed E-state index contributed by atoms with van der Waals surface area (Å²) in [7, 11) is 0. The van der Waals surface area contributed by atoms with Gasteiger partial charge in [0, 0.05) is 66.6 Å². The Labute approximate surface area is 250 Å². The standard InChI is InChI=1S/C35H46N4OS/c1-2-34(40)39-24-32(25-39)41-31-13-11-30(12-14-31)38-22-26(23-38)21-37-19-16-29(17-20-37)35(28-8-4-5-9-28)33-10-6-3-7-27(33)15-18-36-35/h2-3,6-7,10-14,26,28-29,32,36H,1,4-5,8-9,15-25H2/t35-/m1/s1. The van der Waals surface area contributed by atoms with Crippen molar-refractivity contribution in [1.29, 1.82) is 0 Å². The molecule has 7 rings (SSSR count). The first-order valence-electron chi connectivity index (χ1n) is 16.1. The minimum Gasteiger partial charge on any atom is -0.371 e. The van der Waals surface area contributed by atoms with Crippen LogP contribution in [0.25, 0.3) is 0 Å². The molecule has 0 radical (unpaired) electrons. The lowest BCUT2D eigenvalue weighted by atomic mass is 9.63. The summed E-state index contributed by atoms with van der Waals surface area (Å²) >= 11 is 1.89.